The number of halogens is 5. The van der Waals surface area contributed by atoms with Gasteiger partial charge in [-0.3, -0.25) is 4.79 Å². The highest BCUT2D eigenvalue weighted by Gasteiger charge is 2.38. The van der Waals surface area contributed by atoms with Crippen molar-refractivity contribution in [3.8, 4) is 11.1 Å². The average Bonchev–Trinajstić information content (AvgIpc) is 3.29. The van der Waals surface area contributed by atoms with Crippen LogP contribution in [0, 0.1) is 17.0 Å². The highest BCUT2D eigenvalue weighted by Crippen LogP contribution is 2.41. The van der Waals surface area contributed by atoms with E-state index in [1.54, 1.807) is 11.1 Å². The van der Waals surface area contributed by atoms with Crippen LogP contribution in [0.4, 0.5) is 22.0 Å². The van der Waals surface area contributed by atoms with Gasteiger partial charge in [-0.05, 0) is 48.2 Å². The van der Waals surface area contributed by atoms with Gasteiger partial charge in [0.05, 0.1) is 6.04 Å². The van der Waals surface area contributed by atoms with E-state index in [2.05, 4.69) is 0 Å². The van der Waals surface area contributed by atoms with Crippen LogP contribution < -0.4 is 5.73 Å². The van der Waals surface area contributed by atoms with Gasteiger partial charge in [-0.15, -0.1) is 0 Å². The molecule has 0 fully saturated rings. The van der Waals surface area contributed by atoms with Gasteiger partial charge in [-0.2, -0.15) is 13.2 Å². The standard InChI is InChI=1S/C27H33F2N3O2.C2HF3O2/c1-27(2,3)26(32(13-7-12-30)25(34)18-33)24-14-20(22-15-21(28)10-11-23(22)29)17-31(24)16-19-8-5-4-6-9-19;3-2(4,5)1(6)7/h4-6,8-11,14-15,17,26,33H,7,12-13,16,18,30H2,1-3H3;(H,6,7)/t26-;/m0./s1. The van der Waals surface area contributed by atoms with Crippen LogP contribution in [0.1, 0.15) is 44.5 Å². The second kappa shape index (κ2) is 14.2. The number of carbonyl (C=O) groups is 2. The first kappa shape index (κ1) is 33.4. The van der Waals surface area contributed by atoms with Crippen molar-refractivity contribution in [1.82, 2.24) is 9.47 Å². The smallest absolute Gasteiger partial charge is 0.475 e. The molecule has 0 radical (unpaired) electrons. The summed E-state index contributed by atoms with van der Waals surface area (Å²) in [5.41, 5.74) is 7.78. The van der Waals surface area contributed by atoms with Gasteiger partial charge in [0.25, 0.3) is 0 Å². The van der Waals surface area contributed by atoms with Crippen molar-refractivity contribution >= 4 is 11.9 Å². The molecule has 0 saturated heterocycles. The Morgan fingerprint density at radius 1 is 1.02 bits per heavy atom. The molecule has 0 aliphatic carbocycles. The zero-order valence-corrected chi connectivity index (χ0v) is 23.0. The van der Waals surface area contributed by atoms with Crippen LogP contribution in [0.25, 0.3) is 11.1 Å². The summed E-state index contributed by atoms with van der Waals surface area (Å²) >= 11 is 0. The third-order valence-electron chi connectivity index (χ3n) is 6.08. The summed E-state index contributed by atoms with van der Waals surface area (Å²) in [6, 6.07) is 14.6. The lowest BCUT2D eigenvalue weighted by Gasteiger charge is -2.40. The van der Waals surface area contributed by atoms with Crippen molar-refractivity contribution in [3.63, 3.8) is 0 Å². The SMILES string of the molecule is CC(C)(C)[C@H](c1cc(-c2cc(F)ccc2F)cn1Cc1ccccc1)N(CCCN)C(=O)CO.O=C(O)C(F)(F)F. The molecule has 12 heteroatoms. The van der Waals surface area contributed by atoms with Crippen molar-refractivity contribution in [2.45, 2.75) is 46.0 Å². The van der Waals surface area contributed by atoms with Crippen LogP contribution in [0.15, 0.2) is 60.8 Å². The number of aliphatic hydroxyl groups excluding tert-OH is 1. The molecule has 4 N–H and O–H groups in total. The summed E-state index contributed by atoms with van der Waals surface area (Å²) in [5, 5.41) is 16.8. The van der Waals surface area contributed by atoms with E-state index < -0.39 is 47.8 Å². The van der Waals surface area contributed by atoms with Gasteiger partial charge >= 0.3 is 12.1 Å². The van der Waals surface area contributed by atoms with Crippen LogP contribution in [0.3, 0.4) is 0 Å². The van der Waals surface area contributed by atoms with Gasteiger partial charge in [0.15, 0.2) is 0 Å². The molecule has 224 valence electrons. The average molecular weight is 584 g/mol. The second-order valence-electron chi connectivity index (χ2n) is 10.4. The fourth-order valence-electron chi connectivity index (χ4n) is 4.36. The molecule has 0 unspecified atom stereocenters. The van der Waals surface area contributed by atoms with Crippen LogP contribution in [0.5, 0.6) is 0 Å². The first-order chi connectivity index (χ1) is 19.1. The number of aliphatic hydroxyl groups is 1. The molecular weight excluding hydrogens is 549 g/mol. The van der Waals surface area contributed by atoms with Crippen molar-refractivity contribution in [2.24, 2.45) is 11.1 Å². The first-order valence-corrected chi connectivity index (χ1v) is 12.7. The third-order valence-corrected chi connectivity index (χ3v) is 6.08. The van der Waals surface area contributed by atoms with Crippen LogP contribution in [0.2, 0.25) is 0 Å². The Bertz CT molecular complexity index is 1300. The minimum Gasteiger partial charge on any atom is -0.475 e. The number of nitrogens with zero attached hydrogens (tertiary/aromatic N) is 2. The number of carboxylic acid groups (broad SMARTS) is 1. The number of benzene rings is 2. The number of carboxylic acids is 1. The Morgan fingerprint density at radius 2 is 1.63 bits per heavy atom. The summed E-state index contributed by atoms with van der Waals surface area (Å²) in [6.45, 7) is 6.68. The normalized spacial score (nSPS) is 12.3. The van der Waals surface area contributed by atoms with Crippen molar-refractivity contribution < 1.29 is 41.8 Å². The molecule has 0 bridgehead atoms. The van der Waals surface area contributed by atoms with Crippen LogP contribution in [-0.4, -0.2) is 57.4 Å². The number of carbonyl (C=O) groups excluding carboxylic acids is 1. The van der Waals surface area contributed by atoms with E-state index in [1.807, 2.05) is 61.7 Å². The van der Waals surface area contributed by atoms with Crippen molar-refractivity contribution in [3.05, 3.63) is 83.7 Å². The quantitative estimate of drug-likeness (QED) is 0.294. The lowest BCUT2D eigenvalue weighted by molar-refractivity contribution is -0.192. The number of amides is 1. The fraction of sp³-hybridized carbons (Fsp3) is 0.379. The fourth-order valence-corrected chi connectivity index (χ4v) is 4.36. The molecule has 1 aromatic heterocycles. The summed E-state index contributed by atoms with van der Waals surface area (Å²) in [7, 11) is 0. The lowest BCUT2D eigenvalue weighted by atomic mass is 9.83. The molecular formula is C29H34F5N3O4. The van der Waals surface area contributed by atoms with E-state index in [-0.39, 0.29) is 5.56 Å². The Hall–Kier alpha value is -3.77. The maximum atomic E-state index is 14.7. The van der Waals surface area contributed by atoms with E-state index in [4.69, 9.17) is 15.6 Å². The first-order valence-electron chi connectivity index (χ1n) is 12.7. The second-order valence-corrected chi connectivity index (χ2v) is 10.4. The Balaban J connectivity index is 0.000000745. The molecule has 2 aromatic carbocycles. The number of hydrogen-bond acceptors (Lipinski definition) is 4. The van der Waals surface area contributed by atoms with Crippen LogP contribution >= 0.6 is 0 Å². The zero-order chi connectivity index (χ0) is 31.0. The zero-order valence-electron chi connectivity index (χ0n) is 23.0. The highest BCUT2D eigenvalue weighted by molar-refractivity contribution is 5.78. The van der Waals surface area contributed by atoms with Gasteiger partial charge in [0.1, 0.15) is 18.2 Å². The molecule has 3 aromatic rings. The van der Waals surface area contributed by atoms with Crippen molar-refractivity contribution in [1.29, 1.82) is 0 Å². The predicted molar refractivity (Wildman–Crippen MR) is 144 cm³/mol. The Kier molecular flexibility index (Phi) is 11.6. The highest BCUT2D eigenvalue weighted by atomic mass is 19.4. The molecule has 0 aliphatic heterocycles. The number of nitrogens with two attached hydrogens (primary N) is 1. The largest absolute Gasteiger partial charge is 0.490 e. The van der Waals surface area contributed by atoms with E-state index in [9.17, 15) is 31.9 Å². The third kappa shape index (κ3) is 9.39. The molecule has 3 rings (SSSR count). The van der Waals surface area contributed by atoms with Gasteiger partial charge in [0, 0.05) is 36.1 Å². The van der Waals surface area contributed by atoms with E-state index in [0.717, 1.165) is 23.4 Å². The van der Waals surface area contributed by atoms with Crippen LogP contribution in [-0.2, 0) is 16.1 Å². The van der Waals surface area contributed by atoms with Gasteiger partial charge in [-0.1, -0.05) is 51.1 Å². The maximum Gasteiger partial charge on any atom is 0.490 e. The molecule has 7 nitrogen and oxygen atoms in total. The molecule has 0 saturated carbocycles. The summed E-state index contributed by atoms with van der Waals surface area (Å²) < 4.78 is 62.4. The number of aliphatic carboxylic acids is 1. The van der Waals surface area contributed by atoms with Gasteiger partial charge in [0.2, 0.25) is 5.91 Å². The monoisotopic (exact) mass is 583 g/mol. The van der Waals surface area contributed by atoms with E-state index >= 15 is 0 Å². The summed E-state index contributed by atoms with van der Waals surface area (Å²) in [6.07, 6.45) is -2.72. The van der Waals surface area contributed by atoms with Crippen molar-refractivity contribution in [2.75, 3.05) is 19.7 Å². The maximum absolute atomic E-state index is 14.7. The van der Waals surface area contributed by atoms with Gasteiger partial charge in [-0.25, -0.2) is 13.6 Å². The molecule has 1 amide bonds. The molecule has 0 spiro atoms. The number of rotatable bonds is 9. The Morgan fingerprint density at radius 3 is 2.15 bits per heavy atom. The minimum absolute atomic E-state index is 0.155. The van der Waals surface area contributed by atoms with Gasteiger partial charge < -0.3 is 25.4 Å². The molecule has 1 atom stereocenters. The number of aromatic nitrogens is 1. The summed E-state index contributed by atoms with van der Waals surface area (Å²) in [4.78, 5) is 23.4. The topological polar surface area (TPSA) is 109 Å². The summed E-state index contributed by atoms with van der Waals surface area (Å²) in [5.74, 6) is -4.21. The predicted octanol–water partition coefficient (Wildman–Crippen LogP) is 5.37. The van der Waals surface area contributed by atoms with E-state index in [0.29, 0.717) is 31.6 Å². The lowest BCUT2D eigenvalue weighted by Crippen LogP contribution is -2.44. The molecule has 41 heavy (non-hydrogen) atoms. The minimum atomic E-state index is -5.08. The molecule has 1 heterocycles. The van der Waals surface area contributed by atoms with E-state index in [1.165, 1.54) is 6.07 Å². The number of alkyl halides is 3. The Labute approximate surface area is 235 Å². The number of hydrogen-bond donors (Lipinski definition) is 3. The molecule has 0 aliphatic rings.